The van der Waals surface area contributed by atoms with E-state index in [2.05, 4.69) is 5.32 Å². The number of halogens is 3. The summed E-state index contributed by atoms with van der Waals surface area (Å²) in [5.41, 5.74) is 0.0128. The van der Waals surface area contributed by atoms with Gasteiger partial charge in [-0.25, -0.2) is 0 Å². The third-order valence-corrected chi connectivity index (χ3v) is 3.95. The number of hydrogen-bond donors (Lipinski definition) is 1. The summed E-state index contributed by atoms with van der Waals surface area (Å²) in [6, 6.07) is 9.37. The van der Waals surface area contributed by atoms with Crippen molar-refractivity contribution in [2.45, 2.75) is 25.9 Å². The molecule has 1 aromatic heterocycles. The molecule has 2 aromatic rings. The van der Waals surface area contributed by atoms with Gasteiger partial charge in [0.2, 0.25) is 0 Å². The second-order valence-electron chi connectivity index (χ2n) is 4.60. The fourth-order valence-electron chi connectivity index (χ4n) is 1.92. The summed E-state index contributed by atoms with van der Waals surface area (Å²) >= 11 is 1.63. The third-order valence-electron chi connectivity index (χ3n) is 2.89. The van der Waals surface area contributed by atoms with Crippen molar-refractivity contribution in [1.82, 2.24) is 5.32 Å². The molecule has 0 amide bonds. The minimum absolute atomic E-state index is 0.404. The van der Waals surface area contributed by atoms with Gasteiger partial charge in [0, 0.05) is 30.0 Å². The van der Waals surface area contributed by atoms with Gasteiger partial charge in [0.1, 0.15) is 0 Å². The Labute approximate surface area is 125 Å². The van der Waals surface area contributed by atoms with Gasteiger partial charge >= 0.3 is 6.18 Å². The van der Waals surface area contributed by atoms with Crippen LogP contribution < -0.4 is 5.32 Å². The molecule has 0 fully saturated rings. The molecular formula is C15H16F3NOS. The highest BCUT2D eigenvalue weighted by Crippen LogP contribution is 2.29. The molecule has 21 heavy (non-hydrogen) atoms. The van der Waals surface area contributed by atoms with E-state index in [0.29, 0.717) is 25.3 Å². The van der Waals surface area contributed by atoms with Crippen LogP contribution in [-0.2, 0) is 30.6 Å². The van der Waals surface area contributed by atoms with E-state index in [1.54, 1.807) is 24.5 Å². The highest BCUT2D eigenvalue weighted by Gasteiger charge is 2.30. The van der Waals surface area contributed by atoms with Crippen LogP contribution in [0.4, 0.5) is 13.2 Å². The van der Waals surface area contributed by atoms with E-state index in [9.17, 15) is 13.2 Å². The molecule has 0 atom stereocenters. The van der Waals surface area contributed by atoms with Crippen molar-refractivity contribution in [1.29, 1.82) is 0 Å². The van der Waals surface area contributed by atoms with Crippen molar-refractivity contribution in [3.05, 3.63) is 57.3 Å². The molecule has 2 nitrogen and oxygen atoms in total. The standard InChI is InChI=1S/C15H16F3NOS/c1-20-10-14-6-5-13(21-14)9-19-8-11-3-2-4-12(7-11)15(16,17)18/h2-7,19H,8-10H2,1H3. The summed E-state index contributed by atoms with van der Waals surface area (Å²) in [7, 11) is 1.64. The largest absolute Gasteiger partial charge is 0.416 e. The van der Waals surface area contributed by atoms with Gasteiger partial charge in [-0.1, -0.05) is 18.2 Å². The molecule has 0 spiro atoms. The Hall–Kier alpha value is -1.37. The molecule has 114 valence electrons. The number of ether oxygens (including phenoxy) is 1. The molecule has 0 radical (unpaired) electrons. The van der Waals surface area contributed by atoms with E-state index in [-0.39, 0.29) is 0 Å². The van der Waals surface area contributed by atoms with Gasteiger partial charge in [-0.3, -0.25) is 0 Å². The lowest BCUT2D eigenvalue weighted by atomic mass is 10.1. The van der Waals surface area contributed by atoms with E-state index in [1.165, 1.54) is 12.1 Å². The van der Waals surface area contributed by atoms with E-state index in [1.807, 2.05) is 12.1 Å². The Morgan fingerprint density at radius 3 is 2.57 bits per heavy atom. The molecule has 0 aliphatic rings. The van der Waals surface area contributed by atoms with Crippen LogP contribution in [0.2, 0.25) is 0 Å². The van der Waals surface area contributed by atoms with Crippen LogP contribution in [0.5, 0.6) is 0 Å². The summed E-state index contributed by atoms with van der Waals surface area (Å²) in [6.07, 6.45) is -4.29. The predicted molar refractivity (Wildman–Crippen MR) is 77.0 cm³/mol. The highest BCUT2D eigenvalue weighted by atomic mass is 32.1. The molecule has 0 aliphatic carbocycles. The zero-order valence-electron chi connectivity index (χ0n) is 11.5. The highest BCUT2D eigenvalue weighted by molar-refractivity contribution is 7.11. The summed E-state index contributed by atoms with van der Waals surface area (Å²) < 4.78 is 42.8. The normalized spacial score (nSPS) is 11.8. The first-order chi connectivity index (χ1) is 9.99. The first-order valence-corrected chi connectivity index (χ1v) is 7.24. The molecule has 0 bridgehead atoms. The Kier molecular flexibility index (Phi) is 5.39. The van der Waals surface area contributed by atoms with Crippen molar-refractivity contribution in [2.75, 3.05) is 7.11 Å². The third kappa shape index (κ3) is 4.84. The van der Waals surface area contributed by atoms with Crippen LogP contribution in [0.3, 0.4) is 0 Å². The van der Waals surface area contributed by atoms with Crippen LogP contribution in [0.25, 0.3) is 0 Å². The fraction of sp³-hybridized carbons (Fsp3) is 0.333. The van der Waals surface area contributed by atoms with E-state index >= 15 is 0 Å². The number of rotatable bonds is 6. The van der Waals surface area contributed by atoms with Crippen LogP contribution in [0, 0.1) is 0 Å². The van der Waals surface area contributed by atoms with Crippen LogP contribution >= 0.6 is 11.3 Å². The predicted octanol–water partition coefficient (Wildman–Crippen LogP) is 4.20. The van der Waals surface area contributed by atoms with Crippen LogP contribution in [0.1, 0.15) is 20.9 Å². The van der Waals surface area contributed by atoms with Gasteiger partial charge in [-0.15, -0.1) is 11.3 Å². The maximum absolute atomic E-state index is 12.6. The second kappa shape index (κ2) is 7.06. The fourth-order valence-corrected chi connectivity index (χ4v) is 2.88. The maximum Gasteiger partial charge on any atom is 0.416 e. The minimum atomic E-state index is -4.29. The zero-order chi connectivity index (χ0) is 15.3. The van der Waals surface area contributed by atoms with Crippen molar-refractivity contribution in [2.24, 2.45) is 0 Å². The van der Waals surface area contributed by atoms with Gasteiger partial charge in [0.25, 0.3) is 0 Å². The number of hydrogen-bond acceptors (Lipinski definition) is 3. The molecule has 0 saturated heterocycles. The molecule has 0 unspecified atom stereocenters. The second-order valence-corrected chi connectivity index (χ2v) is 5.86. The molecule has 1 N–H and O–H groups in total. The van der Waals surface area contributed by atoms with Crippen LogP contribution in [0.15, 0.2) is 36.4 Å². The number of benzene rings is 1. The van der Waals surface area contributed by atoms with Gasteiger partial charge < -0.3 is 10.1 Å². The molecule has 6 heteroatoms. The van der Waals surface area contributed by atoms with Crippen molar-refractivity contribution in [3.63, 3.8) is 0 Å². The van der Waals surface area contributed by atoms with Crippen molar-refractivity contribution in [3.8, 4) is 0 Å². The van der Waals surface area contributed by atoms with E-state index in [0.717, 1.165) is 15.8 Å². The lowest BCUT2D eigenvalue weighted by Gasteiger charge is -2.09. The van der Waals surface area contributed by atoms with Crippen LogP contribution in [-0.4, -0.2) is 7.11 Å². The first-order valence-electron chi connectivity index (χ1n) is 6.42. The van der Waals surface area contributed by atoms with E-state index in [4.69, 9.17) is 4.74 Å². The Balaban J connectivity index is 1.88. The number of methoxy groups -OCH3 is 1. The Bertz CT molecular complexity index is 580. The van der Waals surface area contributed by atoms with Crippen molar-refractivity contribution >= 4 is 11.3 Å². The van der Waals surface area contributed by atoms with Gasteiger partial charge in [-0.05, 0) is 23.8 Å². The molecule has 1 aromatic carbocycles. The maximum atomic E-state index is 12.6. The molecule has 0 aliphatic heterocycles. The minimum Gasteiger partial charge on any atom is -0.379 e. The monoisotopic (exact) mass is 315 g/mol. The van der Waals surface area contributed by atoms with Gasteiger partial charge in [-0.2, -0.15) is 13.2 Å². The number of alkyl halides is 3. The molecule has 1 heterocycles. The lowest BCUT2D eigenvalue weighted by Crippen LogP contribution is -2.13. The summed E-state index contributed by atoms with van der Waals surface area (Å²) in [6.45, 7) is 1.62. The topological polar surface area (TPSA) is 21.3 Å². The number of thiophene rings is 1. The average molecular weight is 315 g/mol. The first kappa shape index (κ1) is 16.0. The SMILES string of the molecule is COCc1ccc(CNCc2cccc(C(F)(F)F)c2)s1. The summed E-state index contributed by atoms with van der Waals surface area (Å²) in [5, 5.41) is 3.15. The number of nitrogens with one attached hydrogen (secondary N) is 1. The Morgan fingerprint density at radius 1 is 1.10 bits per heavy atom. The van der Waals surface area contributed by atoms with Gasteiger partial charge in [0.15, 0.2) is 0 Å². The zero-order valence-corrected chi connectivity index (χ0v) is 12.4. The molecular weight excluding hydrogens is 299 g/mol. The summed E-state index contributed by atoms with van der Waals surface area (Å²) in [4.78, 5) is 2.27. The summed E-state index contributed by atoms with van der Waals surface area (Å²) in [5.74, 6) is 0. The Morgan fingerprint density at radius 2 is 1.86 bits per heavy atom. The quantitative estimate of drug-likeness (QED) is 0.862. The van der Waals surface area contributed by atoms with Crippen molar-refractivity contribution < 1.29 is 17.9 Å². The van der Waals surface area contributed by atoms with Gasteiger partial charge in [0.05, 0.1) is 12.2 Å². The molecule has 0 saturated carbocycles. The smallest absolute Gasteiger partial charge is 0.379 e. The molecule has 2 rings (SSSR count). The van der Waals surface area contributed by atoms with E-state index < -0.39 is 11.7 Å². The lowest BCUT2D eigenvalue weighted by molar-refractivity contribution is -0.137. The average Bonchev–Trinajstić information content (AvgIpc) is 2.86.